The third-order valence-electron chi connectivity index (χ3n) is 4.38. The number of carbonyl (C=O) groups is 1. The molecule has 134 valence electrons. The van der Waals surface area contributed by atoms with Crippen LogP contribution in [0, 0.1) is 0 Å². The highest BCUT2D eigenvalue weighted by atomic mass is 32.2. The van der Waals surface area contributed by atoms with Gasteiger partial charge in [-0.05, 0) is 51.0 Å². The van der Waals surface area contributed by atoms with Crippen molar-refractivity contribution in [2.45, 2.75) is 43.6 Å². The molecule has 1 amide bonds. The van der Waals surface area contributed by atoms with Gasteiger partial charge in [0.1, 0.15) is 0 Å². The molecule has 1 saturated heterocycles. The molecule has 1 aliphatic rings. The van der Waals surface area contributed by atoms with E-state index in [9.17, 15) is 4.79 Å². The highest BCUT2D eigenvalue weighted by Gasteiger charge is 2.24. The molecule has 6 nitrogen and oxygen atoms in total. The van der Waals surface area contributed by atoms with Crippen molar-refractivity contribution >= 4 is 23.4 Å². The summed E-state index contributed by atoms with van der Waals surface area (Å²) in [5.41, 5.74) is 2.07. The molecule has 0 unspecified atom stereocenters. The van der Waals surface area contributed by atoms with Gasteiger partial charge in [-0.25, -0.2) is 0 Å². The summed E-state index contributed by atoms with van der Waals surface area (Å²) in [7, 11) is 0. The van der Waals surface area contributed by atoms with Gasteiger partial charge >= 0.3 is 0 Å². The molecule has 0 saturated carbocycles. The van der Waals surface area contributed by atoms with Crippen LogP contribution in [0.5, 0.6) is 0 Å². The Morgan fingerprint density at radius 1 is 1.20 bits per heavy atom. The zero-order valence-electron chi connectivity index (χ0n) is 14.7. The van der Waals surface area contributed by atoms with Gasteiger partial charge in [0.15, 0.2) is 0 Å². The standard InChI is InChI=1S/C18H24N4O2S/c1-3-22(4-2)14-10-8-13(9-11-14)17-20-21-18(24-17)25-15-7-5-6-12-19-16(15)23/h8-11,15H,3-7,12H2,1-2H3,(H,19,23)/t15-/m1/s1. The van der Waals surface area contributed by atoms with E-state index in [2.05, 4.69) is 46.4 Å². The van der Waals surface area contributed by atoms with Crippen molar-refractivity contribution in [3.05, 3.63) is 24.3 Å². The fourth-order valence-electron chi connectivity index (χ4n) is 2.92. The number of hydrogen-bond acceptors (Lipinski definition) is 6. The second-order valence-electron chi connectivity index (χ2n) is 5.99. The van der Waals surface area contributed by atoms with Gasteiger partial charge in [-0.1, -0.05) is 18.2 Å². The number of benzene rings is 1. The van der Waals surface area contributed by atoms with Crippen molar-refractivity contribution in [2.24, 2.45) is 0 Å². The minimum absolute atomic E-state index is 0.0609. The molecule has 0 aliphatic carbocycles. The molecule has 3 rings (SSSR count). The molecule has 1 atom stereocenters. The topological polar surface area (TPSA) is 71.3 Å². The van der Waals surface area contributed by atoms with Crippen LogP contribution in [0.25, 0.3) is 11.5 Å². The highest BCUT2D eigenvalue weighted by Crippen LogP contribution is 2.30. The van der Waals surface area contributed by atoms with E-state index in [-0.39, 0.29) is 11.2 Å². The second-order valence-corrected chi connectivity index (χ2v) is 7.14. The van der Waals surface area contributed by atoms with Gasteiger partial charge in [-0.3, -0.25) is 4.79 Å². The van der Waals surface area contributed by atoms with Gasteiger partial charge in [-0.15, -0.1) is 10.2 Å². The summed E-state index contributed by atoms with van der Waals surface area (Å²) >= 11 is 1.36. The lowest BCUT2D eigenvalue weighted by Crippen LogP contribution is -2.30. The molecule has 1 fully saturated rings. The molecule has 2 heterocycles. The van der Waals surface area contributed by atoms with Crippen molar-refractivity contribution in [2.75, 3.05) is 24.5 Å². The smallest absolute Gasteiger partial charge is 0.277 e. The molecular weight excluding hydrogens is 336 g/mol. The molecule has 1 aromatic carbocycles. The first-order valence-corrected chi connectivity index (χ1v) is 9.72. The maximum Gasteiger partial charge on any atom is 0.277 e. The van der Waals surface area contributed by atoms with Crippen molar-refractivity contribution in [3.8, 4) is 11.5 Å². The van der Waals surface area contributed by atoms with Crippen LogP contribution in [0.15, 0.2) is 33.9 Å². The maximum atomic E-state index is 12.0. The molecule has 1 aliphatic heterocycles. The van der Waals surface area contributed by atoms with Crippen LogP contribution in [0.2, 0.25) is 0 Å². The summed E-state index contributed by atoms with van der Waals surface area (Å²) in [5, 5.41) is 11.5. The monoisotopic (exact) mass is 360 g/mol. The number of anilines is 1. The Labute approximate surface area is 152 Å². The number of thioether (sulfide) groups is 1. The first kappa shape index (κ1) is 17.8. The van der Waals surface area contributed by atoms with E-state index in [0.717, 1.165) is 44.5 Å². The summed E-state index contributed by atoms with van der Waals surface area (Å²) < 4.78 is 5.76. The molecule has 0 bridgehead atoms. The highest BCUT2D eigenvalue weighted by molar-refractivity contribution is 8.00. The molecular formula is C18H24N4O2S. The number of rotatable bonds is 6. The van der Waals surface area contributed by atoms with Crippen LogP contribution in [0.4, 0.5) is 5.69 Å². The molecule has 0 spiro atoms. The number of nitrogens with zero attached hydrogens (tertiary/aromatic N) is 3. The molecule has 0 radical (unpaired) electrons. The Morgan fingerprint density at radius 2 is 1.96 bits per heavy atom. The molecule has 1 aromatic heterocycles. The van der Waals surface area contributed by atoms with Crippen molar-refractivity contribution in [1.82, 2.24) is 15.5 Å². The molecule has 25 heavy (non-hydrogen) atoms. The summed E-state index contributed by atoms with van der Waals surface area (Å²) in [6, 6.07) is 8.12. The average molecular weight is 360 g/mol. The third-order valence-corrected chi connectivity index (χ3v) is 5.48. The molecule has 1 N–H and O–H groups in total. The number of hydrogen-bond donors (Lipinski definition) is 1. The van der Waals surface area contributed by atoms with E-state index in [4.69, 9.17) is 4.42 Å². The lowest BCUT2D eigenvalue weighted by atomic mass is 10.2. The second kappa shape index (κ2) is 8.38. The van der Waals surface area contributed by atoms with E-state index in [0.29, 0.717) is 11.1 Å². The molecule has 2 aromatic rings. The SMILES string of the molecule is CCN(CC)c1ccc(-c2nnc(S[C@@H]3CCCCNC3=O)o2)cc1. The summed E-state index contributed by atoms with van der Waals surface area (Å²) in [6.07, 6.45) is 2.90. The van der Waals surface area contributed by atoms with Crippen molar-refractivity contribution in [1.29, 1.82) is 0 Å². The normalized spacial score (nSPS) is 17.8. The predicted octanol–water partition coefficient (Wildman–Crippen LogP) is 3.34. The number of nitrogens with one attached hydrogen (secondary N) is 1. The summed E-state index contributed by atoms with van der Waals surface area (Å²) in [6.45, 7) is 6.98. The van der Waals surface area contributed by atoms with Crippen LogP contribution in [-0.4, -0.2) is 41.0 Å². The van der Waals surface area contributed by atoms with E-state index in [1.807, 2.05) is 12.1 Å². The van der Waals surface area contributed by atoms with Crippen LogP contribution in [-0.2, 0) is 4.79 Å². The number of carbonyl (C=O) groups excluding carboxylic acids is 1. The summed E-state index contributed by atoms with van der Waals surface area (Å²) in [5.74, 6) is 0.549. The van der Waals surface area contributed by atoms with Gasteiger partial charge in [-0.2, -0.15) is 0 Å². The Hall–Kier alpha value is -2.02. The minimum Gasteiger partial charge on any atom is -0.411 e. The van der Waals surface area contributed by atoms with Gasteiger partial charge in [0.25, 0.3) is 5.22 Å². The van der Waals surface area contributed by atoms with E-state index < -0.39 is 0 Å². The van der Waals surface area contributed by atoms with Crippen LogP contribution in [0.1, 0.15) is 33.1 Å². The largest absolute Gasteiger partial charge is 0.411 e. The van der Waals surface area contributed by atoms with E-state index in [1.54, 1.807) is 0 Å². The first-order valence-electron chi connectivity index (χ1n) is 8.84. The molecule has 7 heteroatoms. The maximum absolute atomic E-state index is 12.0. The van der Waals surface area contributed by atoms with E-state index >= 15 is 0 Å². The zero-order valence-corrected chi connectivity index (χ0v) is 15.5. The van der Waals surface area contributed by atoms with Gasteiger partial charge in [0.05, 0.1) is 5.25 Å². The fraction of sp³-hybridized carbons (Fsp3) is 0.500. The predicted molar refractivity (Wildman–Crippen MR) is 99.8 cm³/mol. The quantitative estimate of drug-likeness (QED) is 0.852. The fourth-order valence-corrected chi connectivity index (χ4v) is 3.86. The lowest BCUT2D eigenvalue weighted by molar-refractivity contribution is -0.120. The Balaban J connectivity index is 1.69. The van der Waals surface area contributed by atoms with Crippen molar-refractivity contribution < 1.29 is 9.21 Å². The Kier molecular flexibility index (Phi) is 5.96. The first-order chi connectivity index (χ1) is 12.2. The van der Waals surface area contributed by atoms with Gasteiger partial charge < -0.3 is 14.6 Å². The van der Waals surface area contributed by atoms with Crippen LogP contribution < -0.4 is 10.2 Å². The van der Waals surface area contributed by atoms with Crippen LogP contribution >= 0.6 is 11.8 Å². The Bertz CT molecular complexity index is 697. The minimum atomic E-state index is -0.152. The lowest BCUT2D eigenvalue weighted by Gasteiger charge is -2.20. The number of aromatic nitrogens is 2. The van der Waals surface area contributed by atoms with Gasteiger partial charge in [0.2, 0.25) is 11.8 Å². The zero-order chi connectivity index (χ0) is 17.6. The van der Waals surface area contributed by atoms with E-state index in [1.165, 1.54) is 17.4 Å². The Morgan fingerprint density at radius 3 is 2.68 bits per heavy atom. The van der Waals surface area contributed by atoms with Crippen molar-refractivity contribution in [3.63, 3.8) is 0 Å². The van der Waals surface area contributed by atoms with Crippen LogP contribution in [0.3, 0.4) is 0 Å². The summed E-state index contributed by atoms with van der Waals surface area (Å²) in [4.78, 5) is 14.3. The average Bonchev–Trinajstić information content (AvgIpc) is 3.01. The number of amides is 1. The van der Waals surface area contributed by atoms with Gasteiger partial charge in [0, 0.05) is 30.9 Å². The third kappa shape index (κ3) is 4.34.